The summed E-state index contributed by atoms with van der Waals surface area (Å²) < 4.78 is 31.7. The lowest BCUT2D eigenvalue weighted by Gasteiger charge is -2.33. The van der Waals surface area contributed by atoms with Crippen LogP contribution in [0.25, 0.3) is 0 Å². The van der Waals surface area contributed by atoms with Gasteiger partial charge in [0, 0.05) is 19.2 Å². The average molecular weight is 328 g/mol. The van der Waals surface area contributed by atoms with Crippen LogP contribution in [0.1, 0.15) is 20.3 Å². The molecule has 2 atom stereocenters. The lowest BCUT2D eigenvalue weighted by atomic mass is 9.92. The normalized spacial score (nSPS) is 23.2. The van der Waals surface area contributed by atoms with Gasteiger partial charge >= 0.3 is 5.97 Å². The number of carboxylic acid groups (broad SMARTS) is 1. The predicted molar refractivity (Wildman–Crippen MR) is 79.1 cm³/mol. The fourth-order valence-electron chi connectivity index (χ4n) is 2.58. The molecular weight excluding hydrogens is 308 g/mol. The summed E-state index contributed by atoms with van der Waals surface area (Å²) in [4.78, 5) is 15.2. The van der Waals surface area contributed by atoms with E-state index in [-0.39, 0.29) is 17.4 Å². The summed E-state index contributed by atoms with van der Waals surface area (Å²) in [5.41, 5.74) is 0. The van der Waals surface area contributed by atoms with E-state index < -0.39 is 21.9 Å². The molecule has 2 heterocycles. The van der Waals surface area contributed by atoms with Crippen LogP contribution in [0.5, 0.6) is 5.88 Å². The highest BCUT2D eigenvalue weighted by molar-refractivity contribution is 7.89. The Kier molecular flexibility index (Phi) is 5.02. The van der Waals surface area contributed by atoms with E-state index in [2.05, 4.69) is 4.98 Å². The van der Waals surface area contributed by atoms with Crippen molar-refractivity contribution in [3.63, 3.8) is 0 Å². The van der Waals surface area contributed by atoms with Crippen LogP contribution in [-0.2, 0) is 14.8 Å². The maximum Gasteiger partial charge on any atom is 0.307 e. The van der Waals surface area contributed by atoms with Crippen molar-refractivity contribution < 1.29 is 23.1 Å². The summed E-state index contributed by atoms with van der Waals surface area (Å²) in [6, 6.07) is 2.93. The molecule has 0 aromatic carbocycles. The highest BCUT2D eigenvalue weighted by atomic mass is 32.2. The van der Waals surface area contributed by atoms with Crippen molar-refractivity contribution in [3.05, 3.63) is 18.3 Å². The second-order valence-electron chi connectivity index (χ2n) is 5.46. The highest BCUT2D eigenvalue weighted by Crippen LogP contribution is 2.27. The Morgan fingerprint density at radius 2 is 2.18 bits per heavy atom. The van der Waals surface area contributed by atoms with Gasteiger partial charge in [0.05, 0.1) is 18.7 Å². The van der Waals surface area contributed by atoms with Crippen LogP contribution in [0, 0.1) is 11.8 Å². The predicted octanol–water partition coefficient (Wildman–Crippen LogP) is 1.21. The number of ether oxygens (including phenoxy) is 1. The Hall–Kier alpha value is -1.67. The molecule has 1 aliphatic rings. The third-order valence-electron chi connectivity index (χ3n) is 3.61. The number of sulfonamides is 1. The minimum Gasteiger partial charge on any atom is -0.481 e. The molecule has 0 aliphatic carbocycles. The monoisotopic (exact) mass is 328 g/mol. The van der Waals surface area contributed by atoms with Gasteiger partial charge in [0.25, 0.3) is 0 Å². The number of carbonyl (C=O) groups is 1. The van der Waals surface area contributed by atoms with E-state index in [4.69, 9.17) is 9.84 Å². The van der Waals surface area contributed by atoms with Crippen molar-refractivity contribution in [1.29, 1.82) is 0 Å². The van der Waals surface area contributed by atoms with Crippen LogP contribution in [0.3, 0.4) is 0 Å². The van der Waals surface area contributed by atoms with Crippen molar-refractivity contribution >= 4 is 16.0 Å². The van der Waals surface area contributed by atoms with Crippen LogP contribution in [0.15, 0.2) is 23.2 Å². The van der Waals surface area contributed by atoms with Gasteiger partial charge in [-0.25, -0.2) is 13.4 Å². The standard InChI is InChI=1S/C14H20N2O5S/c1-3-21-13-5-4-12(7-15-13)22(19,20)16-8-10(2)6-11(9-16)14(17)18/h4-5,7,10-11H,3,6,8-9H2,1-2H3,(H,17,18). The van der Waals surface area contributed by atoms with Gasteiger partial charge in [-0.15, -0.1) is 0 Å². The number of nitrogens with zero attached hydrogens (tertiary/aromatic N) is 2. The number of carboxylic acids is 1. The molecule has 1 aliphatic heterocycles. The minimum absolute atomic E-state index is 0.000261. The molecule has 7 nitrogen and oxygen atoms in total. The van der Waals surface area contributed by atoms with Gasteiger partial charge in [-0.2, -0.15) is 4.31 Å². The second kappa shape index (κ2) is 6.62. The first kappa shape index (κ1) is 16.7. The maximum atomic E-state index is 12.6. The quantitative estimate of drug-likeness (QED) is 0.872. The van der Waals surface area contributed by atoms with Gasteiger partial charge in [-0.3, -0.25) is 4.79 Å². The van der Waals surface area contributed by atoms with Crippen LogP contribution in [0.4, 0.5) is 0 Å². The van der Waals surface area contributed by atoms with Crippen molar-refractivity contribution in [2.24, 2.45) is 11.8 Å². The van der Waals surface area contributed by atoms with Crippen molar-refractivity contribution in [3.8, 4) is 5.88 Å². The molecule has 1 aromatic heterocycles. The molecule has 0 amide bonds. The summed E-state index contributed by atoms with van der Waals surface area (Å²) in [7, 11) is -3.74. The number of piperidine rings is 1. The largest absolute Gasteiger partial charge is 0.481 e. The number of rotatable bonds is 5. The SMILES string of the molecule is CCOc1ccc(S(=O)(=O)N2CC(C)CC(C(=O)O)C2)cn1. The van der Waals surface area contributed by atoms with Gasteiger partial charge < -0.3 is 9.84 Å². The van der Waals surface area contributed by atoms with E-state index in [0.717, 1.165) is 0 Å². The fourth-order valence-corrected chi connectivity index (χ4v) is 4.13. The molecule has 2 unspecified atom stereocenters. The summed E-state index contributed by atoms with van der Waals surface area (Å²) in [5, 5.41) is 9.16. The van der Waals surface area contributed by atoms with Crippen LogP contribution >= 0.6 is 0 Å². The smallest absolute Gasteiger partial charge is 0.307 e. The first-order valence-corrected chi connectivity index (χ1v) is 8.60. The zero-order chi connectivity index (χ0) is 16.3. The molecule has 0 bridgehead atoms. The Morgan fingerprint density at radius 1 is 1.45 bits per heavy atom. The van der Waals surface area contributed by atoms with Crippen LogP contribution < -0.4 is 4.74 Å². The van der Waals surface area contributed by atoms with Gasteiger partial charge in [0.1, 0.15) is 4.90 Å². The molecule has 1 fully saturated rings. The molecule has 2 rings (SSSR count). The number of pyridine rings is 1. The minimum atomic E-state index is -3.74. The molecule has 22 heavy (non-hydrogen) atoms. The second-order valence-corrected chi connectivity index (χ2v) is 7.40. The first-order valence-electron chi connectivity index (χ1n) is 7.16. The van der Waals surface area contributed by atoms with E-state index in [0.29, 0.717) is 25.5 Å². The van der Waals surface area contributed by atoms with E-state index in [1.807, 2.05) is 13.8 Å². The average Bonchev–Trinajstić information content (AvgIpc) is 2.47. The zero-order valence-electron chi connectivity index (χ0n) is 12.6. The third-order valence-corrected chi connectivity index (χ3v) is 5.43. The number of hydrogen-bond donors (Lipinski definition) is 1. The Labute approximate surface area is 130 Å². The summed E-state index contributed by atoms with van der Waals surface area (Å²) in [6.45, 7) is 4.43. The Morgan fingerprint density at radius 3 is 2.73 bits per heavy atom. The van der Waals surface area contributed by atoms with Crippen LogP contribution in [-0.4, -0.2) is 48.5 Å². The lowest BCUT2D eigenvalue weighted by Crippen LogP contribution is -2.45. The van der Waals surface area contributed by atoms with E-state index >= 15 is 0 Å². The maximum absolute atomic E-state index is 12.6. The van der Waals surface area contributed by atoms with E-state index in [9.17, 15) is 13.2 Å². The summed E-state index contributed by atoms with van der Waals surface area (Å²) >= 11 is 0. The van der Waals surface area contributed by atoms with E-state index in [1.165, 1.54) is 22.6 Å². The van der Waals surface area contributed by atoms with Gasteiger partial charge in [-0.1, -0.05) is 6.92 Å². The van der Waals surface area contributed by atoms with Gasteiger partial charge in [0.2, 0.25) is 15.9 Å². The van der Waals surface area contributed by atoms with Crippen molar-refractivity contribution in [2.75, 3.05) is 19.7 Å². The molecule has 8 heteroatoms. The molecule has 0 saturated carbocycles. The third kappa shape index (κ3) is 3.56. The summed E-state index contributed by atoms with van der Waals surface area (Å²) in [6.07, 6.45) is 1.73. The van der Waals surface area contributed by atoms with Gasteiger partial charge in [-0.05, 0) is 25.3 Å². The lowest BCUT2D eigenvalue weighted by molar-refractivity contribution is -0.143. The summed E-state index contributed by atoms with van der Waals surface area (Å²) in [5.74, 6) is -1.28. The molecule has 0 radical (unpaired) electrons. The fraction of sp³-hybridized carbons (Fsp3) is 0.571. The van der Waals surface area contributed by atoms with E-state index in [1.54, 1.807) is 0 Å². The molecule has 1 N–H and O–H groups in total. The number of aromatic nitrogens is 1. The Balaban J connectivity index is 2.23. The first-order chi connectivity index (χ1) is 10.3. The highest BCUT2D eigenvalue weighted by Gasteiger charge is 2.36. The molecule has 1 saturated heterocycles. The Bertz CT molecular complexity index is 629. The molecular formula is C14H20N2O5S. The number of aliphatic carboxylic acids is 1. The van der Waals surface area contributed by atoms with Crippen molar-refractivity contribution in [2.45, 2.75) is 25.2 Å². The van der Waals surface area contributed by atoms with Gasteiger partial charge in [0.15, 0.2) is 0 Å². The topological polar surface area (TPSA) is 96.8 Å². The van der Waals surface area contributed by atoms with Crippen molar-refractivity contribution in [1.82, 2.24) is 9.29 Å². The molecule has 1 aromatic rings. The number of hydrogen-bond acceptors (Lipinski definition) is 5. The van der Waals surface area contributed by atoms with Crippen LogP contribution in [0.2, 0.25) is 0 Å². The molecule has 0 spiro atoms. The molecule has 122 valence electrons. The zero-order valence-corrected chi connectivity index (χ0v) is 13.4.